The van der Waals surface area contributed by atoms with Gasteiger partial charge in [0.1, 0.15) is 12.4 Å². The van der Waals surface area contributed by atoms with Gasteiger partial charge in [0.15, 0.2) is 5.78 Å². The van der Waals surface area contributed by atoms with Crippen LogP contribution < -0.4 is 4.74 Å². The van der Waals surface area contributed by atoms with Crippen LogP contribution in [0.3, 0.4) is 0 Å². The second kappa shape index (κ2) is 9.20. The Kier molecular flexibility index (Phi) is 6.78. The van der Waals surface area contributed by atoms with E-state index in [1.54, 1.807) is 18.2 Å². The molecule has 172 valence electrons. The summed E-state index contributed by atoms with van der Waals surface area (Å²) in [6.45, 7) is 1.56. The van der Waals surface area contributed by atoms with Crippen LogP contribution >= 0.6 is 0 Å². The molecule has 6 nitrogen and oxygen atoms in total. The topological polar surface area (TPSA) is 76.1 Å². The molecule has 0 bridgehead atoms. The highest BCUT2D eigenvalue weighted by atomic mass is 19.4. The molecule has 1 heterocycles. The largest absolute Gasteiger partial charge is 0.496 e. The molecule has 0 spiro atoms. The number of amides is 1. The molecule has 3 rings (SSSR count). The highest BCUT2D eigenvalue weighted by molar-refractivity contribution is 5.94. The number of likely N-dealkylation sites (tertiary alicyclic amines) is 1. The molecular formula is C23H24F3NO5. The van der Waals surface area contributed by atoms with Crippen molar-refractivity contribution in [1.82, 2.24) is 4.90 Å². The number of alkyl halides is 3. The first kappa shape index (κ1) is 23.6. The van der Waals surface area contributed by atoms with E-state index in [-0.39, 0.29) is 43.9 Å². The standard InChI is InChI=1S/C23H24F3NO5/c1-15(28)16-6-7-20(31-2)17(12-16)14-32-21(29)27-10-8-22(30,9-11-27)18-4-3-5-19(13-18)23(24,25)26/h3-7,12-13,30H,8-11,14H2,1-2H3. The van der Waals surface area contributed by atoms with E-state index < -0.39 is 23.4 Å². The zero-order chi connectivity index (χ0) is 23.5. The number of halogens is 3. The van der Waals surface area contributed by atoms with Crippen LogP contribution in [-0.2, 0) is 23.1 Å². The number of methoxy groups -OCH3 is 1. The first-order chi connectivity index (χ1) is 15.0. The van der Waals surface area contributed by atoms with E-state index in [1.807, 2.05) is 0 Å². The summed E-state index contributed by atoms with van der Waals surface area (Å²) < 4.78 is 49.6. The number of ether oxygens (including phenoxy) is 2. The van der Waals surface area contributed by atoms with Crippen LogP contribution in [0.4, 0.5) is 18.0 Å². The number of carbonyl (C=O) groups is 2. The minimum absolute atomic E-state index is 0.0759. The van der Waals surface area contributed by atoms with Gasteiger partial charge in [-0.2, -0.15) is 13.2 Å². The third kappa shape index (κ3) is 5.21. The Labute approximate surface area is 183 Å². The van der Waals surface area contributed by atoms with Crippen molar-refractivity contribution >= 4 is 11.9 Å². The maximum absolute atomic E-state index is 13.0. The number of rotatable bonds is 5. The van der Waals surface area contributed by atoms with E-state index in [1.165, 1.54) is 31.1 Å². The minimum atomic E-state index is -4.50. The first-order valence-electron chi connectivity index (χ1n) is 10.0. The average Bonchev–Trinajstić information content (AvgIpc) is 2.77. The van der Waals surface area contributed by atoms with Crippen LogP contribution in [0.25, 0.3) is 0 Å². The molecule has 1 aliphatic heterocycles. The Hall–Kier alpha value is -3.07. The first-order valence-corrected chi connectivity index (χ1v) is 10.0. The Morgan fingerprint density at radius 2 is 1.81 bits per heavy atom. The second-order valence-electron chi connectivity index (χ2n) is 7.73. The summed E-state index contributed by atoms with van der Waals surface area (Å²) in [7, 11) is 1.47. The quantitative estimate of drug-likeness (QED) is 0.676. The second-order valence-corrected chi connectivity index (χ2v) is 7.73. The van der Waals surface area contributed by atoms with Gasteiger partial charge >= 0.3 is 12.3 Å². The Morgan fingerprint density at radius 1 is 1.12 bits per heavy atom. The van der Waals surface area contributed by atoms with Gasteiger partial charge in [-0.05, 0) is 55.7 Å². The Morgan fingerprint density at radius 3 is 2.41 bits per heavy atom. The number of benzene rings is 2. The highest BCUT2D eigenvalue weighted by Gasteiger charge is 2.38. The molecule has 32 heavy (non-hydrogen) atoms. The summed E-state index contributed by atoms with van der Waals surface area (Å²) in [6, 6.07) is 9.45. The van der Waals surface area contributed by atoms with Gasteiger partial charge in [0.25, 0.3) is 0 Å². The van der Waals surface area contributed by atoms with Crippen LogP contribution in [0.15, 0.2) is 42.5 Å². The Balaban J connectivity index is 1.63. The van der Waals surface area contributed by atoms with Crippen LogP contribution in [0.5, 0.6) is 5.75 Å². The Bertz CT molecular complexity index is 997. The number of hydrogen-bond acceptors (Lipinski definition) is 5. The monoisotopic (exact) mass is 451 g/mol. The molecule has 2 aromatic rings. The molecule has 0 aliphatic carbocycles. The molecule has 0 unspecified atom stereocenters. The average molecular weight is 451 g/mol. The minimum Gasteiger partial charge on any atom is -0.496 e. The van der Waals surface area contributed by atoms with Crippen LogP contribution in [0, 0.1) is 0 Å². The van der Waals surface area contributed by atoms with Crippen molar-refractivity contribution in [3.05, 3.63) is 64.7 Å². The molecule has 1 fully saturated rings. The summed E-state index contributed by atoms with van der Waals surface area (Å²) in [5.74, 6) is 0.338. The van der Waals surface area contributed by atoms with Crippen LogP contribution in [-0.4, -0.2) is 42.1 Å². The fourth-order valence-corrected chi connectivity index (χ4v) is 3.67. The molecule has 0 saturated carbocycles. The maximum Gasteiger partial charge on any atom is 0.416 e. The van der Waals surface area contributed by atoms with Crippen LogP contribution in [0.1, 0.15) is 46.8 Å². The third-order valence-corrected chi connectivity index (χ3v) is 5.61. The number of carbonyl (C=O) groups excluding carboxylic acids is 2. The summed E-state index contributed by atoms with van der Waals surface area (Å²) in [5, 5.41) is 10.9. The number of aliphatic hydroxyl groups is 1. The molecule has 1 saturated heterocycles. The van der Waals surface area contributed by atoms with Crippen molar-refractivity contribution in [3.63, 3.8) is 0 Å². The molecule has 2 aromatic carbocycles. The summed E-state index contributed by atoms with van der Waals surface area (Å²) >= 11 is 0. The molecular weight excluding hydrogens is 427 g/mol. The van der Waals surface area contributed by atoms with Crippen molar-refractivity contribution in [2.75, 3.05) is 20.2 Å². The van der Waals surface area contributed by atoms with Crippen molar-refractivity contribution in [2.45, 2.75) is 38.1 Å². The lowest BCUT2D eigenvalue weighted by atomic mass is 9.84. The molecule has 1 amide bonds. The van der Waals surface area contributed by atoms with E-state index in [4.69, 9.17) is 9.47 Å². The van der Waals surface area contributed by atoms with Crippen molar-refractivity contribution in [3.8, 4) is 5.75 Å². The molecule has 9 heteroatoms. The van der Waals surface area contributed by atoms with Gasteiger partial charge in [-0.15, -0.1) is 0 Å². The summed E-state index contributed by atoms with van der Waals surface area (Å²) in [4.78, 5) is 25.5. The molecule has 0 aromatic heterocycles. The van der Waals surface area contributed by atoms with E-state index in [0.717, 1.165) is 12.1 Å². The number of piperidine rings is 1. The van der Waals surface area contributed by atoms with Gasteiger partial charge in [0.2, 0.25) is 0 Å². The van der Waals surface area contributed by atoms with Gasteiger partial charge in [-0.1, -0.05) is 12.1 Å². The predicted molar refractivity (Wildman–Crippen MR) is 109 cm³/mol. The molecule has 1 aliphatic rings. The van der Waals surface area contributed by atoms with Gasteiger partial charge in [-0.3, -0.25) is 4.79 Å². The number of nitrogens with zero attached hydrogens (tertiary/aromatic N) is 1. The van der Waals surface area contributed by atoms with E-state index in [2.05, 4.69) is 0 Å². The lowest BCUT2D eigenvalue weighted by Crippen LogP contribution is -2.45. The fourth-order valence-electron chi connectivity index (χ4n) is 3.67. The highest BCUT2D eigenvalue weighted by Crippen LogP contribution is 2.37. The normalized spacial score (nSPS) is 15.9. The SMILES string of the molecule is COc1ccc(C(C)=O)cc1COC(=O)N1CCC(O)(c2cccc(C(F)(F)F)c2)CC1. The zero-order valence-corrected chi connectivity index (χ0v) is 17.7. The number of hydrogen-bond donors (Lipinski definition) is 1. The van der Waals surface area contributed by atoms with E-state index in [9.17, 15) is 27.9 Å². The third-order valence-electron chi connectivity index (χ3n) is 5.61. The molecule has 1 N–H and O–H groups in total. The molecule has 0 radical (unpaired) electrons. The lowest BCUT2D eigenvalue weighted by Gasteiger charge is -2.38. The number of ketones is 1. The number of Topliss-reactive ketones (excluding diaryl/α,β-unsaturated/α-hetero) is 1. The van der Waals surface area contributed by atoms with Crippen molar-refractivity contribution < 1.29 is 37.3 Å². The van der Waals surface area contributed by atoms with Gasteiger partial charge in [0.05, 0.1) is 18.3 Å². The van der Waals surface area contributed by atoms with Crippen molar-refractivity contribution in [2.24, 2.45) is 0 Å². The van der Waals surface area contributed by atoms with Crippen molar-refractivity contribution in [1.29, 1.82) is 0 Å². The van der Waals surface area contributed by atoms with E-state index in [0.29, 0.717) is 16.9 Å². The zero-order valence-electron chi connectivity index (χ0n) is 17.7. The predicted octanol–water partition coefficient (Wildman–Crippen LogP) is 4.54. The summed E-state index contributed by atoms with van der Waals surface area (Å²) in [6.07, 6.45) is -4.97. The smallest absolute Gasteiger partial charge is 0.416 e. The maximum atomic E-state index is 13.0. The van der Waals surface area contributed by atoms with Crippen LogP contribution in [0.2, 0.25) is 0 Å². The molecule has 0 atom stereocenters. The lowest BCUT2D eigenvalue weighted by molar-refractivity contribution is -0.137. The fraction of sp³-hybridized carbons (Fsp3) is 0.391. The summed E-state index contributed by atoms with van der Waals surface area (Å²) in [5.41, 5.74) is -1.12. The van der Waals surface area contributed by atoms with Gasteiger partial charge < -0.3 is 19.5 Å². The van der Waals surface area contributed by atoms with Gasteiger partial charge in [-0.25, -0.2) is 4.79 Å². The van der Waals surface area contributed by atoms with Gasteiger partial charge in [0, 0.05) is 24.2 Å². The van der Waals surface area contributed by atoms with E-state index >= 15 is 0 Å².